The molecule has 23 heavy (non-hydrogen) atoms. The lowest BCUT2D eigenvalue weighted by molar-refractivity contribution is 0.0698. The quantitative estimate of drug-likeness (QED) is 0.639. The standard InChI is InChI=1S/C17H11ClN2O3/c18-11-6-7-13(17(22)23)14(9-11)19-20-16-12-4-2-1-3-10(12)5-8-15(16)21/h1-9,21H,(H,22,23). The minimum Gasteiger partial charge on any atom is -0.506 e. The highest BCUT2D eigenvalue weighted by Crippen LogP contribution is 2.36. The molecular weight excluding hydrogens is 316 g/mol. The van der Waals surface area contributed by atoms with Gasteiger partial charge in [0.1, 0.15) is 17.1 Å². The molecule has 2 N–H and O–H groups in total. The van der Waals surface area contributed by atoms with E-state index in [1.165, 1.54) is 24.3 Å². The molecule has 0 atom stereocenters. The van der Waals surface area contributed by atoms with E-state index in [2.05, 4.69) is 10.2 Å². The van der Waals surface area contributed by atoms with Crippen molar-refractivity contribution in [2.45, 2.75) is 0 Å². The Labute approximate surface area is 136 Å². The molecule has 0 heterocycles. The minimum atomic E-state index is -1.13. The molecule has 0 saturated heterocycles. The largest absolute Gasteiger partial charge is 0.506 e. The molecule has 0 unspecified atom stereocenters. The summed E-state index contributed by atoms with van der Waals surface area (Å²) in [5, 5.41) is 29.2. The summed E-state index contributed by atoms with van der Waals surface area (Å²) in [6.45, 7) is 0. The average molecular weight is 327 g/mol. The summed E-state index contributed by atoms with van der Waals surface area (Å²) in [4.78, 5) is 11.2. The Hall–Kier alpha value is -2.92. The van der Waals surface area contributed by atoms with Crippen LogP contribution in [0.25, 0.3) is 10.8 Å². The first-order chi connectivity index (χ1) is 11.1. The Bertz CT molecular complexity index is 938. The van der Waals surface area contributed by atoms with Gasteiger partial charge in [0.05, 0.1) is 5.56 Å². The van der Waals surface area contributed by atoms with E-state index < -0.39 is 5.97 Å². The summed E-state index contributed by atoms with van der Waals surface area (Å²) in [7, 11) is 0. The molecule has 0 aliphatic rings. The first-order valence-corrected chi connectivity index (χ1v) is 7.09. The third-order valence-corrected chi connectivity index (χ3v) is 3.56. The zero-order valence-corrected chi connectivity index (χ0v) is 12.5. The van der Waals surface area contributed by atoms with Gasteiger partial charge in [0.2, 0.25) is 0 Å². The number of phenolic OH excluding ortho intramolecular Hbond substituents is 1. The average Bonchev–Trinajstić information content (AvgIpc) is 2.53. The van der Waals surface area contributed by atoms with Crippen LogP contribution in [0.3, 0.4) is 0 Å². The highest BCUT2D eigenvalue weighted by Gasteiger charge is 2.11. The van der Waals surface area contributed by atoms with E-state index in [1.807, 2.05) is 18.2 Å². The third kappa shape index (κ3) is 3.00. The lowest BCUT2D eigenvalue weighted by Gasteiger charge is -2.04. The summed E-state index contributed by atoms with van der Waals surface area (Å²) in [5.74, 6) is -1.16. The normalized spacial score (nSPS) is 11.2. The number of halogens is 1. The van der Waals surface area contributed by atoms with Gasteiger partial charge in [0.15, 0.2) is 0 Å². The van der Waals surface area contributed by atoms with Gasteiger partial charge in [-0.1, -0.05) is 41.9 Å². The first-order valence-electron chi connectivity index (χ1n) is 6.71. The van der Waals surface area contributed by atoms with Crippen LogP contribution in [0, 0.1) is 0 Å². The number of hydrogen-bond acceptors (Lipinski definition) is 4. The molecule has 0 saturated carbocycles. The number of fused-ring (bicyclic) bond motifs is 1. The topological polar surface area (TPSA) is 82.2 Å². The molecule has 114 valence electrons. The number of carboxylic acids is 1. The molecule has 0 fully saturated rings. The predicted octanol–water partition coefficient (Wildman–Crippen LogP) is 5.31. The van der Waals surface area contributed by atoms with E-state index in [9.17, 15) is 15.0 Å². The number of carbonyl (C=O) groups is 1. The van der Waals surface area contributed by atoms with E-state index in [1.54, 1.807) is 12.1 Å². The number of aromatic hydroxyl groups is 1. The predicted molar refractivity (Wildman–Crippen MR) is 88.2 cm³/mol. The first kappa shape index (κ1) is 15.0. The highest BCUT2D eigenvalue weighted by molar-refractivity contribution is 6.31. The number of benzene rings is 3. The minimum absolute atomic E-state index is 0.0159. The molecule has 6 heteroatoms. The van der Waals surface area contributed by atoms with Crippen molar-refractivity contribution < 1.29 is 15.0 Å². The van der Waals surface area contributed by atoms with Gasteiger partial charge >= 0.3 is 5.97 Å². The van der Waals surface area contributed by atoms with Crippen LogP contribution in [-0.2, 0) is 0 Å². The van der Waals surface area contributed by atoms with Gasteiger partial charge in [-0.3, -0.25) is 0 Å². The van der Waals surface area contributed by atoms with Gasteiger partial charge in [0.25, 0.3) is 0 Å². The number of carboxylic acid groups (broad SMARTS) is 1. The Morgan fingerprint density at radius 2 is 1.78 bits per heavy atom. The highest BCUT2D eigenvalue weighted by atomic mass is 35.5. The maximum Gasteiger partial charge on any atom is 0.337 e. The van der Waals surface area contributed by atoms with Gasteiger partial charge in [-0.2, -0.15) is 0 Å². The second-order valence-electron chi connectivity index (χ2n) is 4.82. The molecule has 3 aromatic carbocycles. The Kier molecular flexibility index (Phi) is 3.95. The van der Waals surface area contributed by atoms with Crippen LogP contribution in [0.2, 0.25) is 5.02 Å². The molecule has 0 aliphatic carbocycles. The zero-order valence-electron chi connectivity index (χ0n) is 11.8. The van der Waals surface area contributed by atoms with E-state index in [-0.39, 0.29) is 22.7 Å². The van der Waals surface area contributed by atoms with Gasteiger partial charge in [-0.15, -0.1) is 10.2 Å². The SMILES string of the molecule is O=C(O)c1ccc(Cl)cc1N=Nc1c(O)ccc2ccccc12. The van der Waals surface area contributed by atoms with Crippen molar-refractivity contribution in [3.8, 4) is 5.75 Å². The maximum atomic E-state index is 11.2. The van der Waals surface area contributed by atoms with Crippen molar-refractivity contribution in [3.63, 3.8) is 0 Å². The summed E-state index contributed by atoms with van der Waals surface area (Å²) in [6, 6.07) is 14.9. The van der Waals surface area contributed by atoms with Crippen LogP contribution >= 0.6 is 11.6 Å². The van der Waals surface area contributed by atoms with Crippen molar-refractivity contribution in [3.05, 3.63) is 65.2 Å². The molecule has 0 aromatic heterocycles. The molecule has 3 aromatic rings. The number of nitrogens with zero attached hydrogens (tertiary/aromatic N) is 2. The fraction of sp³-hybridized carbons (Fsp3) is 0. The maximum absolute atomic E-state index is 11.2. The molecule has 0 aliphatic heterocycles. The summed E-state index contributed by atoms with van der Waals surface area (Å²) >= 11 is 5.89. The van der Waals surface area contributed by atoms with Crippen molar-refractivity contribution >= 4 is 39.7 Å². The molecule has 0 amide bonds. The number of rotatable bonds is 3. The number of azo groups is 1. The smallest absolute Gasteiger partial charge is 0.337 e. The summed E-state index contributed by atoms with van der Waals surface area (Å²) in [6.07, 6.45) is 0. The van der Waals surface area contributed by atoms with Gasteiger partial charge in [0, 0.05) is 10.4 Å². The van der Waals surface area contributed by atoms with Crippen LogP contribution in [0.1, 0.15) is 10.4 Å². The molecule has 0 spiro atoms. The van der Waals surface area contributed by atoms with Crippen LogP contribution < -0.4 is 0 Å². The molecular formula is C17H11ClN2O3. The van der Waals surface area contributed by atoms with Crippen molar-refractivity contribution in [2.24, 2.45) is 10.2 Å². The molecule has 0 radical (unpaired) electrons. The van der Waals surface area contributed by atoms with Crippen LogP contribution in [0.15, 0.2) is 64.8 Å². The van der Waals surface area contributed by atoms with Crippen LogP contribution in [-0.4, -0.2) is 16.2 Å². The second-order valence-corrected chi connectivity index (χ2v) is 5.26. The molecule has 3 rings (SSSR count). The number of phenols is 1. The fourth-order valence-electron chi connectivity index (χ4n) is 2.22. The second kappa shape index (κ2) is 6.06. The van der Waals surface area contributed by atoms with E-state index in [0.717, 1.165) is 10.8 Å². The van der Waals surface area contributed by atoms with E-state index in [0.29, 0.717) is 5.02 Å². The number of hydrogen-bond donors (Lipinski definition) is 2. The number of aromatic carboxylic acids is 1. The van der Waals surface area contributed by atoms with Crippen molar-refractivity contribution in [1.29, 1.82) is 0 Å². The molecule has 0 bridgehead atoms. The van der Waals surface area contributed by atoms with Gasteiger partial charge in [-0.05, 0) is 29.7 Å². The monoisotopic (exact) mass is 326 g/mol. The van der Waals surface area contributed by atoms with Crippen LogP contribution in [0.4, 0.5) is 11.4 Å². The Morgan fingerprint density at radius 3 is 2.57 bits per heavy atom. The van der Waals surface area contributed by atoms with E-state index in [4.69, 9.17) is 11.6 Å². The fourth-order valence-corrected chi connectivity index (χ4v) is 2.39. The molecule has 5 nitrogen and oxygen atoms in total. The zero-order chi connectivity index (χ0) is 16.4. The van der Waals surface area contributed by atoms with E-state index >= 15 is 0 Å². The lowest BCUT2D eigenvalue weighted by Crippen LogP contribution is -1.95. The third-order valence-electron chi connectivity index (χ3n) is 3.33. The van der Waals surface area contributed by atoms with Crippen LogP contribution in [0.5, 0.6) is 5.75 Å². The Balaban J connectivity index is 2.13. The van der Waals surface area contributed by atoms with Crippen molar-refractivity contribution in [1.82, 2.24) is 0 Å². The lowest BCUT2D eigenvalue weighted by atomic mass is 10.1. The van der Waals surface area contributed by atoms with Gasteiger partial charge in [-0.25, -0.2) is 4.79 Å². The summed E-state index contributed by atoms with van der Waals surface area (Å²) in [5.41, 5.74) is 0.384. The van der Waals surface area contributed by atoms with Crippen molar-refractivity contribution in [2.75, 3.05) is 0 Å². The Morgan fingerprint density at radius 1 is 1.00 bits per heavy atom. The summed E-state index contributed by atoms with van der Waals surface area (Å²) < 4.78 is 0. The van der Waals surface area contributed by atoms with Gasteiger partial charge < -0.3 is 10.2 Å².